The molecule has 0 spiro atoms. The van der Waals surface area contributed by atoms with E-state index in [9.17, 15) is 13.2 Å². The summed E-state index contributed by atoms with van der Waals surface area (Å²) in [6.07, 6.45) is 1.96. The number of primary amides is 1. The van der Waals surface area contributed by atoms with Crippen molar-refractivity contribution < 1.29 is 13.2 Å². The van der Waals surface area contributed by atoms with Gasteiger partial charge in [-0.3, -0.25) is 9.52 Å². The Kier molecular flexibility index (Phi) is 5.85. The fourth-order valence-electron chi connectivity index (χ4n) is 2.49. The summed E-state index contributed by atoms with van der Waals surface area (Å²) in [4.78, 5) is 11.7. The molecule has 0 saturated carbocycles. The number of carbonyl (C=O) groups excluding carboxylic acids is 1. The van der Waals surface area contributed by atoms with Crippen molar-refractivity contribution in [2.24, 2.45) is 11.7 Å². The summed E-state index contributed by atoms with van der Waals surface area (Å²) < 4.78 is 27.8. The highest BCUT2D eigenvalue weighted by molar-refractivity contribution is 7.92. The number of hydrogen-bond donors (Lipinski definition) is 2. The second-order valence-electron chi connectivity index (χ2n) is 6.54. The third-order valence-corrected chi connectivity index (χ3v) is 5.38. The first-order valence-electron chi connectivity index (χ1n) is 8.22. The first kappa shape index (κ1) is 19.0. The average molecular weight is 360 g/mol. The van der Waals surface area contributed by atoms with Crippen LogP contribution in [-0.2, 0) is 16.4 Å². The molecule has 2 rings (SSSR count). The molecule has 0 aliphatic rings. The number of benzene rings is 2. The second-order valence-corrected chi connectivity index (χ2v) is 8.23. The third kappa shape index (κ3) is 4.82. The van der Waals surface area contributed by atoms with E-state index in [2.05, 4.69) is 18.6 Å². The molecule has 25 heavy (non-hydrogen) atoms. The van der Waals surface area contributed by atoms with Crippen molar-refractivity contribution in [1.82, 2.24) is 0 Å². The normalized spacial score (nSPS) is 11.5. The lowest BCUT2D eigenvalue weighted by molar-refractivity contribution is 0.100. The Labute approximate surface area is 149 Å². The number of hydrogen-bond acceptors (Lipinski definition) is 3. The van der Waals surface area contributed by atoms with Gasteiger partial charge in [0.25, 0.3) is 15.9 Å². The van der Waals surface area contributed by atoms with Gasteiger partial charge in [-0.05, 0) is 55.0 Å². The van der Waals surface area contributed by atoms with Gasteiger partial charge in [0.1, 0.15) is 0 Å². The van der Waals surface area contributed by atoms with Crippen LogP contribution in [0.1, 0.15) is 41.8 Å². The van der Waals surface area contributed by atoms with E-state index in [0.717, 1.165) is 18.4 Å². The van der Waals surface area contributed by atoms with Crippen LogP contribution in [0.2, 0.25) is 0 Å². The third-order valence-electron chi connectivity index (χ3n) is 4.02. The average Bonchev–Trinajstić information content (AvgIpc) is 2.55. The molecule has 1 amide bonds. The van der Waals surface area contributed by atoms with Crippen LogP contribution < -0.4 is 10.5 Å². The van der Waals surface area contributed by atoms with E-state index in [1.165, 1.54) is 6.07 Å². The van der Waals surface area contributed by atoms with Crippen molar-refractivity contribution in [3.63, 3.8) is 0 Å². The number of anilines is 1. The van der Waals surface area contributed by atoms with E-state index < -0.39 is 15.9 Å². The Morgan fingerprint density at radius 1 is 1.12 bits per heavy atom. The molecule has 0 fully saturated rings. The van der Waals surface area contributed by atoms with Crippen molar-refractivity contribution in [1.29, 1.82) is 0 Å². The molecule has 0 unspecified atom stereocenters. The smallest absolute Gasteiger partial charge is 0.261 e. The minimum absolute atomic E-state index is 0.150. The van der Waals surface area contributed by atoms with Crippen molar-refractivity contribution in [3.05, 3.63) is 59.2 Å². The van der Waals surface area contributed by atoms with Gasteiger partial charge >= 0.3 is 0 Å². The van der Waals surface area contributed by atoms with Gasteiger partial charge in [0, 0.05) is 0 Å². The van der Waals surface area contributed by atoms with Crippen molar-refractivity contribution in [2.75, 3.05) is 4.72 Å². The minimum atomic E-state index is -3.80. The molecule has 5 nitrogen and oxygen atoms in total. The Morgan fingerprint density at radius 3 is 2.32 bits per heavy atom. The maximum atomic E-state index is 12.6. The number of nitrogens with two attached hydrogens (primary N) is 1. The minimum Gasteiger partial charge on any atom is -0.366 e. The van der Waals surface area contributed by atoms with E-state index in [-0.39, 0.29) is 16.1 Å². The fourth-order valence-corrected chi connectivity index (χ4v) is 3.64. The lowest BCUT2D eigenvalue weighted by Crippen LogP contribution is -2.19. The first-order chi connectivity index (χ1) is 11.7. The largest absolute Gasteiger partial charge is 0.366 e. The van der Waals surface area contributed by atoms with Gasteiger partial charge in [-0.2, -0.15) is 0 Å². The molecule has 0 aromatic heterocycles. The summed E-state index contributed by atoms with van der Waals surface area (Å²) in [7, 11) is -3.80. The summed E-state index contributed by atoms with van der Waals surface area (Å²) in [5.41, 5.74) is 7.45. The van der Waals surface area contributed by atoms with Gasteiger partial charge in [0.05, 0.1) is 16.1 Å². The van der Waals surface area contributed by atoms with E-state index in [1.54, 1.807) is 31.2 Å². The van der Waals surface area contributed by atoms with Crippen LogP contribution in [0.5, 0.6) is 0 Å². The van der Waals surface area contributed by atoms with Gasteiger partial charge in [-0.25, -0.2) is 8.42 Å². The monoisotopic (exact) mass is 360 g/mol. The molecular weight excluding hydrogens is 336 g/mol. The molecule has 2 aromatic rings. The molecule has 0 aliphatic carbocycles. The number of rotatable bonds is 7. The van der Waals surface area contributed by atoms with Gasteiger partial charge in [-0.15, -0.1) is 0 Å². The number of carbonyl (C=O) groups is 1. The highest BCUT2D eigenvalue weighted by Crippen LogP contribution is 2.24. The number of sulfonamides is 1. The lowest BCUT2D eigenvalue weighted by Gasteiger charge is -2.14. The molecule has 0 heterocycles. The molecule has 6 heteroatoms. The van der Waals surface area contributed by atoms with Crippen molar-refractivity contribution >= 4 is 21.6 Å². The number of aryl methyl sites for hydroxylation is 2. The lowest BCUT2D eigenvalue weighted by atomic mass is 10.0. The highest BCUT2D eigenvalue weighted by Gasteiger charge is 2.19. The van der Waals surface area contributed by atoms with E-state index in [1.807, 2.05) is 12.1 Å². The zero-order chi connectivity index (χ0) is 18.6. The standard InChI is InChI=1S/C19H24N2O3S/c1-13(2)7-8-15-9-11-16(12-10-15)25(23,24)21-18-14(3)5-4-6-17(18)19(20)22/h4-6,9-13,21H,7-8H2,1-3H3,(H2,20,22). The molecule has 0 radical (unpaired) electrons. The molecule has 134 valence electrons. The first-order valence-corrected chi connectivity index (χ1v) is 9.70. The fraction of sp³-hybridized carbons (Fsp3) is 0.316. The predicted molar refractivity (Wildman–Crippen MR) is 100 cm³/mol. The summed E-state index contributed by atoms with van der Waals surface area (Å²) in [6.45, 7) is 6.03. The van der Waals surface area contributed by atoms with Crippen LogP contribution in [0.3, 0.4) is 0 Å². The van der Waals surface area contributed by atoms with Crippen molar-refractivity contribution in [2.45, 2.75) is 38.5 Å². The van der Waals surface area contributed by atoms with Crippen LogP contribution in [-0.4, -0.2) is 14.3 Å². The molecule has 2 aromatic carbocycles. The number of amides is 1. The highest BCUT2D eigenvalue weighted by atomic mass is 32.2. The zero-order valence-corrected chi connectivity index (χ0v) is 15.6. The zero-order valence-electron chi connectivity index (χ0n) is 14.7. The topological polar surface area (TPSA) is 89.3 Å². The Balaban J connectivity index is 2.27. The number of para-hydroxylation sites is 1. The molecule has 0 aliphatic heterocycles. The van der Waals surface area contributed by atoms with Crippen LogP contribution in [0.4, 0.5) is 5.69 Å². The Bertz CT molecular complexity index is 857. The van der Waals surface area contributed by atoms with Gasteiger partial charge in [0.15, 0.2) is 0 Å². The summed E-state index contributed by atoms with van der Waals surface area (Å²) in [5, 5.41) is 0. The second kappa shape index (κ2) is 7.70. The maximum Gasteiger partial charge on any atom is 0.261 e. The van der Waals surface area contributed by atoms with Crippen LogP contribution in [0.25, 0.3) is 0 Å². The van der Waals surface area contributed by atoms with Crippen LogP contribution in [0.15, 0.2) is 47.4 Å². The van der Waals surface area contributed by atoms with Gasteiger partial charge < -0.3 is 5.73 Å². The van der Waals surface area contributed by atoms with Crippen LogP contribution in [0, 0.1) is 12.8 Å². The molecule has 3 N–H and O–H groups in total. The number of nitrogens with one attached hydrogen (secondary N) is 1. The molecule has 0 saturated heterocycles. The van der Waals surface area contributed by atoms with Crippen molar-refractivity contribution in [3.8, 4) is 0 Å². The van der Waals surface area contributed by atoms with E-state index >= 15 is 0 Å². The quantitative estimate of drug-likeness (QED) is 0.792. The molecular formula is C19H24N2O3S. The van der Waals surface area contributed by atoms with E-state index in [4.69, 9.17) is 5.73 Å². The summed E-state index contributed by atoms with van der Waals surface area (Å²) >= 11 is 0. The van der Waals surface area contributed by atoms with E-state index in [0.29, 0.717) is 11.5 Å². The predicted octanol–water partition coefficient (Wildman–Crippen LogP) is 3.48. The Hall–Kier alpha value is -2.34. The molecule has 0 atom stereocenters. The Morgan fingerprint density at radius 2 is 1.76 bits per heavy atom. The van der Waals surface area contributed by atoms with Gasteiger partial charge in [0.2, 0.25) is 0 Å². The SMILES string of the molecule is Cc1cccc(C(N)=O)c1NS(=O)(=O)c1ccc(CCC(C)C)cc1. The molecule has 0 bridgehead atoms. The maximum absolute atomic E-state index is 12.6. The summed E-state index contributed by atoms with van der Waals surface area (Å²) in [5.74, 6) is -0.0798. The summed E-state index contributed by atoms with van der Waals surface area (Å²) in [6, 6.07) is 11.7. The van der Waals surface area contributed by atoms with Crippen LogP contribution >= 0.6 is 0 Å². The van der Waals surface area contributed by atoms with Gasteiger partial charge in [-0.1, -0.05) is 38.1 Å².